The number of aryl methyl sites for hydroxylation is 2. The molecule has 6 nitrogen and oxygen atoms in total. The van der Waals surface area contributed by atoms with Gasteiger partial charge in [0.25, 0.3) is 5.91 Å². The number of carbonyl (C=O) groups excluding carboxylic acids is 2. The Morgan fingerprint density at radius 3 is 2.54 bits per heavy atom. The number of thiophene rings is 1. The molecule has 0 fully saturated rings. The number of nitrogens with one attached hydrogen (secondary N) is 2. The highest BCUT2D eigenvalue weighted by atomic mass is 32.1. The number of hydrogen-bond donors (Lipinski definition) is 2. The maximum Gasteiger partial charge on any atom is 0.262 e. The molecular weight excluding hydrogens is 348 g/mol. The second kappa shape index (κ2) is 8.98. The van der Waals surface area contributed by atoms with Crippen LogP contribution in [0.5, 0.6) is 0 Å². The fraction of sp³-hybridized carbons (Fsp3) is 0.526. The summed E-state index contributed by atoms with van der Waals surface area (Å²) in [4.78, 5) is 25.4. The molecule has 0 saturated heterocycles. The molecule has 0 aromatic carbocycles. The van der Waals surface area contributed by atoms with E-state index in [0.29, 0.717) is 11.4 Å². The van der Waals surface area contributed by atoms with Crippen molar-refractivity contribution in [2.45, 2.75) is 47.2 Å². The van der Waals surface area contributed by atoms with Crippen LogP contribution in [0.15, 0.2) is 23.6 Å². The molecule has 0 radical (unpaired) electrons. The largest absolute Gasteiger partial charge is 0.354 e. The lowest BCUT2D eigenvalue weighted by atomic mass is 10.0. The van der Waals surface area contributed by atoms with Gasteiger partial charge in [0.15, 0.2) is 0 Å². The third kappa shape index (κ3) is 5.42. The molecule has 0 bridgehead atoms. The van der Waals surface area contributed by atoms with Crippen LogP contribution in [-0.4, -0.2) is 34.2 Å². The van der Waals surface area contributed by atoms with Crippen LogP contribution in [-0.2, 0) is 11.3 Å². The monoisotopic (exact) mass is 376 g/mol. The number of hydrogen-bond acceptors (Lipinski definition) is 4. The van der Waals surface area contributed by atoms with Crippen LogP contribution >= 0.6 is 11.3 Å². The molecule has 2 unspecified atom stereocenters. The maximum atomic E-state index is 12.6. The highest BCUT2D eigenvalue weighted by Gasteiger charge is 2.25. The summed E-state index contributed by atoms with van der Waals surface area (Å²) in [6.45, 7) is 11.2. The van der Waals surface area contributed by atoms with Gasteiger partial charge >= 0.3 is 0 Å². The van der Waals surface area contributed by atoms with Crippen molar-refractivity contribution in [2.24, 2.45) is 11.8 Å². The van der Waals surface area contributed by atoms with E-state index in [1.807, 2.05) is 49.9 Å². The zero-order valence-corrected chi connectivity index (χ0v) is 16.9. The first-order chi connectivity index (χ1) is 12.3. The smallest absolute Gasteiger partial charge is 0.262 e. The summed E-state index contributed by atoms with van der Waals surface area (Å²) in [6, 6.07) is 5.07. The van der Waals surface area contributed by atoms with Gasteiger partial charge in [-0.05, 0) is 43.2 Å². The van der Waals surface area contributed by atoms with Gasteiger partial charge in [-0.15, -0.1) is 11.3 Å². The average Bonchev–Trinajstić information content (AvgIpc) is 3.20. The maximum absolute atomic E-state index is 12.6. The highest BCUT2D eigenvalue weighted by molar-refractivity contribution is 7.12. The predicted octanol–water partition coefficient (Wildman–Crippen LogP) is 2.77. The van der Waals surface area contributed by atoms with Crippen LogP contribution in [0.4, 0.5) is 0 Å². The van der Waals surface area contributed by atoms with Crippen LogP contribution in [0.3, 0.4) is 0 Å². The standard InChI is InChI=1S/C19H28N4O2S/c1-12(2)17(21-18(24)16-7-6-8-26-16)19(25)20-10-13(3)11-23-15(5)9-14(4)22-23/h6-9,12-13,17H,10-11H2,1-5H3,(H,20,25)(H,21,24). The van der Waals surface area contributed by atoms with E-state index >= 15 is 0 Å². The Labute approximate surface area is 159 Å². The molecule has 7 heteroatoms. The van der Waals surface area contributed by atoms with E-state index in [2.05, 4.69) is 22.7 Å². The van der Waals surface area contributed by atoms with Crippen molar-refractivity contribution in [2.75, 3.05) is 6.54 Å². The summed E-state index contributed by atoms with van der Waals surface area (Å²) in [7, 11) is 0. The van der Waals surface area contributed by atoms with Gasteiger partial charge in [0.1, 0.15) is 6.04 Å². The van der Waals surface area contributed by atoms with Gasteiger partial charge in [-0.1, -0.05) is 26.8 Å². The first-order valence-electron chi connectivity index (χ1n) is 8.91. The Bertz CT molecular complexity index is 737. The summed E-state index contributed by atoms with van der Waals surface area (Å²) in [5.41, 5.74) is 2.11. The van der Waals surface area contributed by atoms with Gasteiger partial charge in [-0.25, -0.2) is 0 Å². The molecule has 2 aromatic heterocycles. The lowest BCUT2D eigenvalue weighted by Gasteiger charge is -2.22. The second-order valence-electron chi connectivity index (χ2n) is 7.13. The van der Waals surface area contributed by atoms with E-state index in [-0.39, 0.29) is 23.7 Å². The molecule has 2 atom stereocenters. The lowest BCUT2D eigenvalue weighted by Crippen LogP contribution is -2.50. The molecular formula is C19H28N4O2S. The van der Waals surface area contributed by atoms with Crippen molar-refractivity contribution >= 4 is 23.2 Å². The highest BCUT2D eigenvalue weighted by Crippen LogP contribution is 2.11. The van der Waals surface area contributed by atoms with Gasteiger partial charge in [0.05, 0.1) is 10.6 Å². The van der Waals surface area contributed by atoms with E-state index in [0.717, 1.165) is 17.9 Å². The fourth-order valence-electron chi connectivity index (χ4n) is 2.76. The number of aromatic nitrogens is 2. The quantitative estimate of drug-likeness (QED) is 0.744. The summed E-state index contributed by atoms with van der Waals surface area (Å²) in [5, 5.41) is 12.1. The third-order valence-electron chi connectivity index (χ3n) is 4.19. The summed E-state index contributed by atoms with van der Waals surface area (Å²) < 4.78 is 1.96. The summed E-state index contributed by atoms with van der Waals surface area (Å²) >= 11 is 1.37. The lowest BCUT2D eigenvalue weighted by molar-refractivity contribution is -0.124. The van der Waals surface area contributed by atoms with Crippen LogP contribution in [0.25, 0.3) is 0 Å². The van der Waals surface area contributed by atoms with Crippen LogP contribution in [0, 0.1) is 25.7 Å². The van der Waals surface area contributed by atoms with E-state index in [1.165, 1.54) is 11.3 Å². The minimum absolute atomic E-state index is 0.00484. The minimum atomic E-state index is -0.550. The SMILES string of the molecule is Cc1cc(C)n(CC(C)CNC(=O)C(NC(=O)c2cccs2)C(C)C)n1. The molecule has 2 amide bonds. The first-order valence-corrected chi connectivity index (χ1v) is 9.79. The molecule has 0 saturated carbocycles. The van der Waals surface area contributed by atoms with Gasteiger partial charge in [0, 0.05) is 18.8 Å². The fourth-order valence-corrected chi connectivity index (χ4v) is 3.39. The number of carbonyl (C=O) groups is 2. The molecule has 0 aliphatic carbocycles. The Kier molecular flexibility index (Phi) is 6.97. The van der Waals surface area contributed by atoms with Crippen molar-refractivity contribution in [3.05, 3.63) is 39.8 Å². The molecule has 2 heterocycles. The molecule has 2 aromatic rings. The van der Waals surface area contributed by atoms with Crippen LogP contribution < -0.4 is 10.6 Å². The Morgan fingerprint density at radius 1 is 1.27 bits per heavy atom. The van der Waals surface area contributed by atoms with E-state index < -0.39 is 6.04 Å². The van der Waals surface area contributed by atoms with Crippen molar-refractivity contribution in [3.63, 3.8) is 0 Å². The van der Waals surface area contributed by atoms with Crippen molar-refractivity contribution < 1.29 is 9.59 Å². The molecule has 0 spiro atoms. The van der Waals surface area contributed by atoms with Crippen molar-refractivity contribution in [1.29, 1.82) is 0 Å². The zero-order valence-electron chi connectivity index (χ0n) is 16.1. The summed E-state index contributed by atoms with van der Waals surface area (Å²) in [5.74, 6) is -0.113. The van der Waals surface area contributed by atoms with E-state index in [1.54, 1.807) is 6.07 Å². The molecule has 2 N–H and O–H groups in total. The normalized spacial score (nSPS) is 13.5. The number of amides is 2. The summed E-state index contributed by atoms with van der Waals surface area (Å²) in [6.07, 6.45) is 0. The second-order valence-corrected chi connectivity index (χ2v) is 8.08. The van der Waals surface area contributed by atoms with Crippen molar-refractivity contribution in [3.8, 4) is 0 Å². The molecule has 0 aliphatic rings. The minimum Gasteiger partial charge on any atom is -0.354 e. The number of rotatable bonds is 8. The predicted molar refractivity (Wildman–Crippen MR) is 104 cm³/mol. The van der Waals surface area contributed by atoms with Gasteiger partial charge in [-0.2, -0.15) is 5.10 Å². The van der Waals surface area contributed by atoms with E-state index in [9.17, 15) is 9.59 Å². The average molecular weight is 377 g/mol. The van der Waals surface area contributed by atoms with E-state index in [4.69, 9.17) is 0 Å². The molecule has 26 heavy (non-hydrogen) atoms. The Balaban J connectivity index is 1.88. The van der Waals surface area contributed by atoms with Crippen molar-refractivity contribution in [1.82, 2.24) is 20.4 Å². The topological polar surface area (TPSA) is 76.0 Å². The molecule has 2 rings (SSSR count). The molecule has 142 valence electrons. The van der Waals surface area contributed by atoms with Crippen LogP contribution in [0.1, 0.15) is 41.8 Å². The Hall–Kier alpha value is -2.15. The van der Waals surface area contributed by atoms with Gasteiger partial charge in [0.2, 0.25) is 5.91 Å². The Morgan fingerprint density at radius 2 is 2.00 bits per heavy atom. The van der Waals surface area contributed by atoms with Gasteiger partial charge in [-0.3, -0.25) is 14.3 Å². The zero-order chi connectivity index (χ0) is 19.3. The first kappa shape index (κ1) is 20.2. The van der Waals surface area contributed by atoms with Gasteiger partial charge < -0.3 is 10.6 Å². The van der Waals surface area contributed by atoms with Crippen LogP contribution in [0.2, 0.25) is 0 Å². The molecule has 0 aliphatic heterocycles. The third-order valence-corrected chi connectivity index (χ3v) is 5.06. The number of nitrogens with zero attached hydrogens (tertiary/aromatic N) is 2.